The van der Waals surface area contributed by atoms with Crippen molar-refractivity contribution in [3.63, 3.8) is 0 Å². The summed E-state index contributed by atoms with van der Waals surface area (Å²) < 4.78 is 25.0. The Hall–Kier alpha value is -2.67. The van der Waals surface area contributed by atoms with Crippen LogP contribution in [-0.4, -0.2) is 32.5 Å². The number of carbonyl (C=O) groups excluding carboxylic acids is 2. The first-order valence-electron chi connectivity index (χ1n) is 8.37. The van der Waals surface area contributed by atoms with Gasteiger partial charge in [-0.15, -0.1) is 0 Å². The van der Waals surface area contributed by atoms with Crippen molar-refractivity contribution in [2.45, 2.75) is 13.3 Å². The molecular formula is C19H20N2O4S. The van der Waals surface area contributed by atoms with Crippen LogP contribution in [0.2, 0.25) is 0 Å². The molecule has 1 aliphatic rings. The summed E-state index contributed by atoms with van der Waals surface area (Å²) in [6.45, 7) is 2.09. The summed E-state index contributed by atoms with van der Waals surface area (Å²) in [6, 6.07) is 15.9. The van der Waals surface area contributed by atoms with E-state index in [1.807, 2.05) is 30.3 Å². The Kier molecular flexibility index (Phi) is 5.08. The van der Waals surface area contributed by atoms with Gasteiger partial charge in [0, 0.05) is 12.1 Å². The smallest absolute Gasteiger partial charge is 0.251 e. The fourth-order valence-corrected chi connectivity index (χ4v) is 4.72. The summed E-state index contributed by atoms with van der Waals surface area (Å²) in [5.74, 6) is -1.42. The minimum absolute atomic E-state index is 0.187. The molecule has 0 saturated carbocycles. The number of benzene rings is 2. The second-order valence-electron chi connectivity index (χ2n) is 6.32. The maximum Gasteiger partial charge on any atom is 0.251 e. The lowest BCUT2D eigenvalue weighted by Crippen LogP contribution is -2.30. The van der Waals surface area contributed by atoms with E-state index in [1.165, 1.54) is 24.3 Å². The maximum absolute atomic E-state index is 12.2. The van der Waals surface area contributed by atoms with Gasteiger partial charge >= 0.3 is 0 Å². The maximum atomic E-state index is 12.2. The first-order valence-corrected chi connectivity index (χ1v) is 9.98. The highest BCUT2D eigenvalue weighted by Gasteiger charge is 2.41. The Morgan fingerprint density at radius 1 is 1.12 bits per heavy atom. The lowest BCUT2D eigenvalue weighted by molar-refractivity contribution is -0.119. The van der Waals surface area contributed by atoms with Gasteiger partial charge in [-0.1, -0.05) is 37.3 Å². The van der Waals surface area contributed by atoms with E-state index in [-0.39, 0.29) is 17.3 Å². The standard InChI is InChI=1S/C19H20N2O4S/c1-14-13-26(24,25)21(19(14)23)17-9-7-16(8-10-17)18(22)20-12-11-15-5-3-2-4-6-15/h2-10,14H,11-13H2,1H3,(H,20,22)/t14-/m0/s1. The molecule has 26 heavy (non-hydrogen) atoms. The van der Waals surface area contributed by atoms with Gasteiger partial charge in [0.05, 0.1) is 17.4 Å². The highest BCUT2D eigenvalue weighted by atomic mass is 32.2. The van der Waals surface area contributed by atoms with Gasteiger partial charge in [-0.3, -0.25) is 9.59 Å². The molecule has 7 heteroatoms. The van der Waals surface area contributed by atoms with Crippen LogP contribution in [0.3, 0.4) is 0 Å². The summed E-state index contributed by atoms with van der Waals surface area (Å²) in [6.07, 6.45) is 0.725. The van der Waals surface area contributed by atoms with E-state index >= 15 is 0 Å². The molecule has 6 nitrogen and oxygen atoms in total. The lowest BCUT2D eigenvalue weighted by atomic mass is 10.1. The van der Waals surface area contributed by atoms with Crippen LogP contribution in [0.5, 0.6) is 0 Å². The summed E-state index contributed by atoms with van der Waals surface area (Å²) in [4.78, 5) is 24.3. The predicted octanol–water partition coefficient (Wildman–Crippen LogP) is 1.97. The van der Waals surface area contributed by atoms with Crippen molar-refractivity contribution in [3.8, 4) is 0 Å². The highest BCUT2D eigenvalue weighted by molar-refractivity contribution is 7.94. The normalized spacial score (nSPS) is 18.7. The van der Waals surface area contributed by atoms with Crippen LogP contribution < -0.4 is 9.62 Å². The van der Waals surface area contributed by atoms with E-state index in [1.54, 1.807) is 6.92 Å². The second kappa shape index (κ2) is 7.29. The SMILES string of the molecule is C[C@H]1CS(=O)(=O)N(c2ccc(C(=O)NCCc3ccccc3)cc2)C1=O. The Labute approximate surface area is 152 Å². The third-order valence-corrected chi connectivity index (χ3v) is 6.13. The van der Waals surface area contributed by atoms with Gasteiger partial charge in [-0.25, -0.2) is 12.7 Å². The number of hydrogen-bond acceptors (Lipinski definition) is 4. The largest absolute Gasteiger partial charge is 0.352 e. The summed E-state index contributed by atoms with van der Waals surface area (Å²) in [7, 11) is -3.63. The van der Waals surface area contributed by atoms with E-state index in [4.69, 9.17) is 0 Å². The van der Waals surface area contributed by atoms with Crippen LogP contribution in [0, 0.1) is 5.92 Å². The molecule has 2 aromatic rings. The molecular weight excluding hydrogens is 352 g/mol. The van der Waals surface area contributed by atoms with Gasteiger partial charge < -0.3 is 5.32 Å². The Morgan fingerprint density at radius 3 is 2.35 bits per heavy atom. The summed E-state index contributed by atoms with van der Waals surface area (Å²) in [5, 5.41) is 2.83. The minimum Gasteiger partial charge on any atom is -0.352 e. The molecule has 0 aliphatic carbocycles. The number of anilines is 1. The molecule has 3 rings (SSSR count). The first kappa shape index (κ1) is 18.1. The molecule has 2 amide bonds. The molecule has 0 aromatic heterocycles. The van der Waals surface area contributed by atoms with Crippen molar-refractivity contribution < 1.29 is 18.0 Å². The van der Waals surface area contributed by atoms with Crippen molar-refractivity contribution in [1.29, 1.82) is 0 Å². The minimum atomic E-state index is -3.63. The Bertz CT molecular complexity index is 908. The van der Waals surface area contributed by atoms with Crippen LogP contribution in [0.4, 0.5) is 5.69 Å². The predicted molar refractivity (Wildman–Crippen MR) is 99.4 cm³/mol. The number of nitrogens with one attached hydrogen (secondary N) is 1. The number of rotatable bonds is 5. The number of nitrogens with zero attached hydrogens (tertiary/aromatic N) is 1. The molecule has 2 aromatic carbocycles. The van der Waals surface area contributed by atoms with Gasteiger partial charge in [0.25, 0.3) is 5.91 Å². The van der Waals surface area contributed by atoms with Crippen molar-refractivity contribution in [1.82, 2.24) is 5.32 Å². The second-order valence-corrected chi connectivity index (χ2v) is 8.18. The van der Waals surface area contributed by atoms with Crippen LogP contribution in [0.1, 0.15) is 22.8 Å². The lowest BCUT2D eigenvalue weighted by Gasteiger charge is -2.15. The zero-order chi connectivity index (χ0) is 18.7. The third-order valence-electron chi connectivity index (χ3n) is 4.27. The quantitative estimate of drug-likeness (QED) is 0.870. The van der Waals surface area contributed by atoms with Gasteiger partial charge in [0.1, 0.15) is 0 Å². The van der Waals surface area contributed by atoms with Crippen molar-refractivity contribution in [3.05, 3.63) is 65.7 Å². The molecule has 1 N–H and O–H groups in total. The zero-order valence-corrected chi connectivity index (χ0v) is 15.2. The number of sulfonamides is 1. The molecule has 1 atom stereocenters. The topological polar surface area (TPSA) is 83.6 Å². The molecule has 1 fully saturated rings. The first-order chi connectivity index (χ1) is 12.4. The van der Waals surface area contributed by atoms with Crippen LogP contribution in [0.25, 0.3) is 0 Å². The number of hydrogen-bond donors (Lipinski definition) is 1. The average molecular weight is 372 g/mol. The van der Waals surface area contributed by atoms with Crippen molar-refractivity contribution in [2.75, 3.05) is 16.6 Å². The van der Waals surface area contributed by atoms with Crippen molar-refractivity contribution in [2.24, 2.45) is 5.92 Å². The van der Waals surface area contributed by atoms with Crippen LogP contribution in [0.15, 0.2) is 54.6 Å². The zero-order valence-electron chi connectivity index (χ0n) is 14.4. The number of carbonyl (C=O) groups is 2. The Morgan fingerprint density at radius 2 is 1.77 bits per heavy atom. The van der Waals surface area contributed by atoms with Gasteiger partial charge in [0.2, 0.25) is 15.9 Å². The van der Waals surface area contributed by atoms with E-state index in [0.717, 1.165) is 16.3 Å². The van der Waals surface area contributed by atoms with E-state index in [0.29, 0.717) is 12.1 Å². The fraction of sp³-hybridized carbons (Fsp3) is 0.263. The molecule has 0 radical (unpaired) electrons. The molecule has 0 bridgehead atoms. The molecule has 136 valence electrons. The van der Waals surface area contributed by atoms with Gasteiger partial charge in [0.15, 0.2) is 0 Å². The third kappa shape index (κ3) is 3.77. The Balaban J connectivity index is 1.64. The average Bonchev–Trinajstić information content (AvgIpc) is 2.83. The van der Waals surface area contributed by atoms with E-state index < -0.39 is 21.8 Å². The molecule has 1 heterocycles. The molecule has 1 saturated heterocycles. The van der Waals surface area contributed by atoms with Crippen LogP contribution >= 0.6 is 0 Å². The highest BCUT2D eigenvalue weighted by Crippen LogP contribution is 2.28. The molecule has 0 spiro atoms. The summed E-state index contributed by atoms with van der Waals surface area (Å²) >= 11 is 0. The monoisotopic (exact) mass is 372 g/mol. The number of amides is 2. The summed E-state index contributed by atoms with van der Waals surface area (Å²) in [5.41, 5.74) is 1.81. The van der Waals surface area contributed by atoms with Crippen molar-refractivity contribution >= 4 is 27.5 Å². The van der Waals surface area contributed by atoms with Gasteiger partial charge in [-0.05, 0) is 36.2 Å². The molecule has 0 unspecified atom stereocenters. The van der Waals surface area contributed by atoms with Crippen LogP contribution in [-0.2, 0) is 21.2 Å². The fourth-order valence-electron chi connectivity index (χ4n) is 2.90. The van der Waals surface area contributed by atoms with E-state index in [2.05, 4.69) is 5.32 Å². The van der Waals surface area contributed by atoms with Gasteiger partial charge in [-0.2, -0.15) is 0 Å². The molecule has 1 aliphatic heterocycles. The van der Waals surface area contributed by atoms with E-state index in [9.17, 15) is 18.0 Å².